The third-order valence-corrected chi connectivity index (χ3v) is 6.55. The summed E-state index contributed by atoms with van der Waals surface area (Å²) in [5.74, 6) is 0.693. The summed E-state index contributed by atoms with van der Waals surface area (Å²) >= 11 is 0. The molecule has 0 bridgehead atoms. The number of piperidine rings is 1. The van der Waals surface area contributed by atoms with E-state index in [1.807, 2.05) is 28.0 Å². The van der Waals surface area contributed by atoms with Gasteiger partial charge in [0, 0.05) is 51.5 Å². The van der Waals surface area contributed by atoms with Gasteiger partial charge < -0.3 is 28.9 Å². The SMILES string of the molecule is COCCN1CC2(CCOC2)N(C2CCN(C(=O)c3cccc(OC)c3)CC2)C1=O. The zero-order valence-electron chi connectivity index (χ0n) is 17.8. The largest absolute Gasteiger partial charge is 0.497 e. The van der Waals surface area contributed by atoms with Crippen LogP contribution in [0.15, 0.2) is 24.3 Å². The zero-order valence-corrected chi connectivity index (χ0v) is 17.8. The minimum atomic E-state index is -0.242. The fourth-order valence-corrected chi connectivity index (χ4v) is 4.95. The molecule has 1 atom stereocenters. The molecule has 3 amide bonds. The van der Waals surface area contributed by atoms with E-state index in [2.05, 4.69) is 4.90 Å². The smallest absolute Gasteiger partial charge is 0.321 e. The molecule has 0 radical (unpaired) electrons. The second kappa shape index (κ2) is 8.81. The highest BCUT2D eigenvalue weighted by molar-refractivity contribution is 5.94. The molecule has 3 saturated heterocycles. The summed E-state index contributed by atoms with van der Waals surface area (Å²) in [7, 11) is 3.25. The molecule has 1 unspecified atom stereocenters. The Kier molecular flexibility index (Phi) is 6.15. The fraction of sp³-hybridized carbons (Fsp3) is 0.636. The molecule has 8 nitrogen and oxygen atoms in total. The summed E-state index contributed by atoms with van der Waals surface area (Å²) < 4.78 is 16.1. The molecule has 1 spiro atoms. The van der Waals surface area contributed by atoms with Gasteiger partial charge in [-0.2, -0.15) is 0 Å². The molecule has 3 heterocycles. The normalized spacial score (nSPS) is 24.9. The van der Waals surface area contributed by atoms with E-state index in [1.165, 1.54) is 0 Å². The average molecular weight is 418 g/mol. The lowest BCUT2D eigenvalue weighted by atomic mass is 9.92. The highest BCUT2D eigenvalue weighted by atomic mass is 16.5. The fourth-order valence-electron chi connectivity index (χ4n) is 4.95. The first-order valence-corrected chi connectivity index (χ1v) is 10.7. The van der Waals surface area contributed by atoms with Crippen LogP contribution in [-0.2, 0) is 9.47 Å². The van der Waals surface area contributed by atoms with Gasteiger partial charge in [-0.15, -0.1) is 0 Å². The van der Waals surface area contributed by atoms with E-state index in [4.69, 9.17) is 14.2 Å². The Bertz CT molecular complexity index is 772. The van der Waals surface area contributed by atoms with Crippen LogP contribution in [0, 0.1) is 0 Å². The van der Waals surface area contributed by atoms with E-state index in [0.717, 1.165) is 19.3 Å². The number of carbonyl (C=O) groups excluding carboxylic acids is 2. The molecule has 3 aliphatic heterocycles. The first kappa shape index (κ1) is 20.9. The van der Waals surface area contributed by atoms with E-state index in [1.54, 1.807) is 20.3 Å². The van der Waals surface area contributed by atoms with Crippen molar-refractivity contribution in [2.45, 2.75) is 30.8 Å². The van der Waals surface area contributed by atoms with Gasteiger partial charge >= 0.3 is 6.03 Å². The van der Waals surface area contributed by atoms with Crippen LogP contribution in [-0.4, -0.2) is 98.4 Å². The lowest BCUT2D eigenvalue weighted by Gasteiger charge is -2.42. The van der Waals surface area contributed by atoms with Gasteiger partial charge in [-0.1, -0.05) is 6.07 Å². The molecule has 30 heavy (non-hydrogen) atoms. The van der Waals surface area contributed by atoms with Crippen molar-refractivity contribution in [3.63, 3.8) is 0 Å². The molecule has 3 fully saturated rings. The number of benzene rings is 1. The number of hydrogen-bond donors (Lipinski definition) is 0. The molecular weight excluding hydrogens is 386 g/mol. The number of amides is 3. The van der Waals surface area contributed by atoms with Gasteiger partial charge in [0.15, 0.2) is 0 Å². The molecule has 164 valence electrons. The maximum absolute atomic E-state index is 13.2. The minimum Gasteiger partial charge on any atom is -0.497 e. The number of ether oxygens (including phenoxy) is 3. The number of nitrogens with zero attached hydrogens (tertiary/aromatic N) is 3. The molecule has 1 aromatic rings. The van der Waals surface area contributed by atoms with Crippen molar-refractivity contribution in [3.05, 3.63) is 29.8 Å². The molecule has 3 aliphatic rings. The molecule has 0 aliphatic carbocycles. The van der Waals surface area contributed by atoms with Gasteiger partial charge in [-0.3, -0.25) is 4.79 Å². The molecule has 0 N–H and O–H groups in total. The van der Waals surface area contributed by atoms with E-state index in [9.17, 15) is 9.59 Å². The topological polar surface area (TPSA) is 71.6 Å². The molecule has 0 saturated carbocycles. The standard InChI is InChI=1S/C22H31N3O5/c1-28-13-11-24-15-22(8-12-30-16-22)25(21(24)27)18-6-9-23(10-7-18)20(26)17-4-3-5-19(14-17)29-2/h3-5,14,18H,6-13,15-16H2,1-2H3. The molecule has 1 aromatic carbocycles. The molecular formula is C22H31N3O5. The van der Waals surface area contributed by atoms with Gasteiger partial charge in [-0.05, 0) is 37.5 Å². The molecule has 4 rings (SSSR count). The van der Waals surface area contributed by atoms with Gasteiger partial charge in [0.1, 0.15) is 5.75 Å². The van der Waals surface area contributed by atoms with Crippen LogP contribution in [0.25, 0.3) is 0 Å². The maximum atomic E-state index is 13.2. The Morgan fingerprint density at radius 3 is 2.73 bits per heavy atom. The van der Waals surface area contributed by atoms with Gasteiger partial charge in [-0.25, -0.2) is 4.79 Å². The second-order valence-corrected chi connectivity index (χ2v) is 8.35. The third-order valence-electron chi connectivity index (χ3n) is 6.55. The van der Waals surface area contributed by atoms with Gasteiger partial charge in [0.25, 0.3) is 5.91 Å². The maximum Gasteiger partial charge on any atom is 0.321 e. The number of urea groups is 1. The number of rotatable bonds is 6. The summed E-state index contributed by atoms with van der Waals surface area (Å²) in [6.45, 7) is 4.38. The van der Waals surface area contributed by atoms with Crippen molar-refractivity contribution >= 4 is 11.9 Å². The Morgan fingerprint density at radius 1 is 1.27 bits per heavy atom. The van der Waals surface area contributed by atoms with Crippen molar-refractivity contribution in [1.82, 2.24) is 14.7 Å². The summed E-state index contributed by atoms with van der Waals surface area (Å²) in [5, 5.41) is 0. The monoisotopic (exact) mass is 417 g/mol. The van der Waals surface area contributed by atoms with Crippen LogP contribution in [0.2, 0.25) is 0 Å². The zero-order chi connectivity index (χ0) is 21.1. The Labute approximate surface area is 177 Å². The van der Waals surface area contributed by atoms with Crippen LogP contribution in [0.3, 0.4) is 0 Å². The number of hydrogen-bond acceptors (Lipinski definition) is 5. The summed E-state index contributed by atoms with van der Waals surface area (Å²) in [6.07, 6.45) is 2.42. The van der Waals surface area contributed by atoms with E-state index in [-0.39, 0.29) is 23.5 Å². The first-order chi connectivity index (χ1) is 14.6. The number of likely N-dealkylation sites (tertiary alicyclic amines) is 1. The van der Waals surface area contributed by atoms with E-state index < -0.39 is 0 Å². The Morgan fingerprint density at radius 2 is 2.07 bits per heavy atom. The summed E-state index contributed by atoms with van der Waals surface area (Å²) in [4.78, 5) is 32.0. The lowest BCUT2D eigenvalue weighted by Crippen LogP contribution is -2.56. The van der Waals surface area contributed by atoms with Crippen molar-refractivity contribution in [3.8, 4) is 5.75 Å². The summed E-state index contributed by atoms with van der Waals surface area (Å²) in [5.41, 5.74) is 0.394. The van der Waals surface area contributed by atoms with Crippen LogP contribution < -0.4 is 4.74 Å². The van der Waals surface area contributed by atoms with Crippen LogP contribution in [0.4, 0.5) is 4.79 Å². The van der Waals surface area contributed by atoms with Gasteiger partial charge in [0.2, 0.25) is 0 Å². The Balaban J connectivity index is 1.43. The minimum absolute atomic E-state index is 0.0146. The molecule has 0 aromatic heterocycles. The van der Waals surface area contributed by atoms with Crippen molar-refractivity contribution < 1.29 is 23.8 Å². The average Bonchev–Trinajstić information content (AvgIpc) is 3.36. The Hall–Kier alpha value is -2.32. The van der Waals surface area contributed by atoms with Crippen LogP contribution in [0.1, 0.15) is 29.6 Å². The van der Waals surface area contributed by atoms with Crippen molar-refractivity contribution in [2.24, 2.45) is 0 Å². The van der Waals surface area contributed by atoms with Crippen molar-refractivity contribution in [2.75, 3.05) is 60.2 Å². The van der Waals surface area contributed by atoms with Crippen molar-refractivity contribution in [1.29, 1.82) is 0 Å². The first-order valence-electron chi connectivity index (χ1n) is 10.7. The highest BCUT2D eigenvalue weighted by Gasteiger charge is 2.54. The second-order valence-electron chi connectivity index (χ2n) is 8.35. The number of carbonyl (C=O) groups is 2. The van der Waals surface area contributed by atoms with Gasteiger partial charge in [0.05, 0.1) is 25.9 Å². The lowest BCUT2D eigenvalue weighted by molar-refractivity contribution is 0.0498. The number of methoxy groups -OCH3 is 2. The highest BCUT2D eigenvalue weighted by Crippen LogP contribution is 2.38. The van der Waals surface area contributed by atoms with Crippen LogP contribution >= 0.6 is 0 Å². The predicted molar refractivity (Wildman–Crippen MR) is 111 cm³/mol. The predicted octanol–water partition coefficient (Wildman–Crippen LogP) is 1.84. The summed E-state index contributed by atoms with van der Waals surface area (Å²) in [6, 6.07) is 7.47. The third kappa shape index (κ3) is 3.86. The van der Waals surface area contributed by atoms with Crippen LogP contribution in [0.5, 0.6) is 5.75 Å². The molecule has 8 heteroatoms. The van der Waals surface area contributed by atoms with E-state index in [0.29, 0.717) is 57.3 Å². The van der Waals surface area contributed by atoms with E-state index >= 15 is 0 Å². The quantitative estimate of drug-likeness (QED) is 0.706.